The minimum atomic E-state index is -0.851. The summed E-state index contributed by atoms with van der Waals surface area (Å²) in [6.45, 7) is 0.305. The van der Waals surface area contributed by atoms with Gasteiger partial charge in [-0.25, -0.2) is 9.97 Å². The van der Waals surface area contributed by atoms with Crippen molar-refractivity contribution in [3.63, 3.8) is 0 Å². The molecule has 8 heteroatoms. The Morgan fingerprint density at radius 2 is 2.29 bits per heavy atom. The van der Waals surface area contributed by atoms with E-state index in [2.05, 4.69) is 25.5 Å². The summed E-state index contributed by atoms with van der Waals surface area (Å²) < 4.78 is 1.82. The van der Waals surface area contributed by atoms with Crippen LogP contribution in [0.3, 0.4) is 0 Å². The maximum absolute atomic E-state index is 10.8. The van der Waals surface area contributed by atoms with Crippen LogP contribution in [-0.2, 0) is 4.79 Å². The van der Waals surface area contributed by atoms with E-state index in [-0.39, 0.29) is 6.42 Å². The van der Waals surface area contributed by atoms with Gasteiger partial charge in [0.15, 0.2) is 0 Å². The average Bonchev–Trinajstić information content (AvgIpc) is 3.18. The number of imidazole rings is 1. The molecule has 0 unspecified atom stereocenters. The lowest BCUT2D eigenvalue weighted by molar-refractivity contribution is -0.136. The molecular formula is C16H14N6O2. The van der Waals surface area contributed by atoms with Crippen LogP contribution in [0.25, 0.3) is 27.9 Å². The maximum Gasteiger partial charge on any atom is 0.305 e. The Balaban J connectivity index is 1.81. The summed E-state index contributed by atoms with van der Waals surface area (Å²) in [5, 5.41) is 19.9. The Bertz CT molecular complexity index is 1040. The van der Waals surface area contributed by atoms with Gasteiger partial charge in [0.05, 0.1) is 18.1 Å². The van der Waals surface area contributed by atoms with Gasteiger partial charge < -0.3 is 10.4 Å². The van der Waals surface area contributed by atoms with Gasteiger partial charge in [-0.05, 0) is 18.2 Å². The molecule has 4 rings (SSSR count). The van der Waals surface area contributed by atoms with Gasteiger partial charge in [-0.1, -0.05) is 6.07 Å². The summed E-state index contributed by atoms with van der Waals surface area (Å²) in [5.41, 5.74) is 2.58. The molecule has 24 heavy (non-hydrogen) atoms. The van der Waals surface area contributed by atoms with Gasteiger partial charge in [0.25, 0.3) is 0 Å². The monoisotopic (exact) mass is 322 g/mol. The molecule has 0 bridgehead atoms. The van der Waals surface area contributed by atoms with Crippen molar-refractivity contribution in [1.82, 2.24) is 24.6 Å². The Kier molecular flexibility index (Phi) is 3.34. The first kappa shape index (κ1) is 14.2. The molecule has 3 heterocycles. The molecule has 0 amide bonds. The van der Waals surface area contributed by atoms with Crippen LogP contribution in [0.15, 0.2) is 42.9 Å². The van der Waals surface area contributed by atoms with Crippen molar-refractivity contribution in [2.75, 3.05) is 11.9 Å². The van der Waals surface area contributed by atoms with E-state index in [4.69, 9.17) is 5.11 Å². The summed E-state index contributed by atoms with van der Waals surface area (Å²) in [5.74, 6) is 0.427. The van der Waals surface area contributed by atoms with Gasteiger partial charge in [-0.2, -0.15) is 5.10 Å². The lowest BCUT2D eigenvalue weighted by Crippen LogP contribution is -2.09. The van der Waals surface area contributed by atoms with Crippen molar-refractivity contribution in [1.29, 1.82) is 0 Å². The van der Waals surface area contributed by atoms with E-state index in [1.54, 1.807) is 18.5 Å². The number of anilines is 1. The molecule has 8 nitrogen and oxygen atoms in total. The normalized spacial score (nSPS) is 11.2. The number of aromatic nitrogens is 5. The smallest absolute Gasteiger partial charge is 0.305 e. The number of fused-ring (bicyclic) bond motifs is 2. The van der Waals surface area contributed by atoms with Crippen LogP contribution in [0.2, 0.25) is 0 Å². The first-order chi connectivity index (χ1) is 11.7. The third-order valence-electron chi connectivity index (χ3n) is 3.75. The second-order valence-electron chi connectivity index (χ2n) is 5.34. The van der Waals surface area contributed by atoms with Crippen molar-refractivity contribution >= 4 is 28.5 Å². The number of carboxylic acid groups (broad SMARTS) is 1. The average molecular weight is 322 g/mol. The minimum absolute atomic E-state index is 0.0215. The van der Waals surface area contributed by atoms with E-state index in [0.29, 0.717) is 12.3 Å². The molecule has 120 valence electrons. The summed E-state index contributed by atoms with van der Waals surface area (Å²) in [6.07, 6.45) is 5.29. The Morgan fingerprint density at radius 1 is 1.38 bits per heavy atom. The van der Waals surface area contributed by atoms with Gasteiger partial charge in [0.1, 0.15) is 11.5 Å². The molecule has 0 aliphatic rings. The van der Waals surface area contributed by atoms with Crippen LogP contribution in [0.5, 0.6) is 0 Å². The van der Waals surface area contributed by atoms with Crippen molar-refractivity contribution in [2.45, 2.75) is 6.42 Å². The second kappa shape index (κ2) is 5.65. The van der Waals surface area contributed by atoms with Crippen LogP contribution in [-0.4, -0.2) is 42.2 Å². The van der Waals surface area contributed by atoms with Crippen LogP contribution < -0.4 is 5.32 Å². The summed E-state index contributed by atoms with van der Waals surface area (Å²) >= 11 is 0. The molecule has 3 aromatic heterocycles. The number of aromatic amines is 1. The number of nitrogens with one attached hydrogen (secondary N) is 2. The van der Waals surface area contributed by atoms with Crippen molar-refractivity contribution in [2.24, 2.45) is 0 Å². The van der Waals surface area contributed by atoms with E-state index in [1.807, 2.05) is 28.8 Å². The fourth-order valence-electron chi connectivity index (χ4n) is 2.64. The summed E-state index contributed by atoms with van der Waals surface area (Å²) in [7, 11) is 0. The predicted octanol–water partition coefficient (Wildman–Crippen LogP) is 2.16. The van der Waals surface area contributed by atoms with Crippen molar-refractivity contribution < 1.29 is 9.90 Å². The summed E-state index contributed by atoms with van der Waals surface area (Å²) in [6, 6.07) is 7.68. The van der Waals surface area contributed by atoms with E-state index in [9.17, 15) is 4.79 Å². The molecular weight excluding hydrogens is 308 g/mol. The first-order valence-electron chi connectivity index (χ1n) is 7.44. The van der Waals surface area contributed by atoms with Gasteiger partial charge >= 0.3 is 5.97 Å². The topological polar surface area (TPSA) is 108 Å². The number of hydrogen-bond donors (Lipinski definition) is 3. The zero-order valence-corrected chi connectivity index (χ0v) is 12.6. The highest BCUT2D eigenvalue weighted by Gasteiger charge is 2.15. The van der Waals surface area contributed by atoms with Crippen molar-refractivity contribution in [3.8, 4) is 11.3 Å². The number of benzene rings is 1. The first-order valence-corrected chi connectivity index (χ1v) is 7.44. The lowest BCUT2D eigenvalue weighted by atomic mass is 10.1. The number of hydrogen-bond acceptors (Lipinski definition) is 5. The maximum atomic E-state index is 10.8. The fourth-order valence-corrected chi connectivity index (χ4v) is 2.64. The fraction of sp³-hybridized carbons (Fsp3) is 0.125. The molecule has 0 fully saturated rings. The van der Waals surface area contributed by atoms with Crippen LogP contribution >= 0.6 is 0 Å². The van der Waals surface area contributed by atoms with Gasteiger partial charge in [0, 0.05) is 29.9 Å². The number of carboxylic acids is 1. The van der Waals surface area contributed by atoms with Crippen LogP contribution in [0.4, 0.5) is 5.82 Å². The van der Waals surface area contributed by atoms with Gasteiger partial charge in [0.2, 0.25) is 5.78 Å². The lowest BCUT2D eigenvalue weighted by Gasteiger charge is -2.07. The Labute approximate surface area is 136 Å². The quantitative estimate of drug-likeness (QED) is 0.519. The number of carbonyl (C=O) groups is 1. The number of nitrogens with zero attached hydrogens (tertiary/aromatic N) is 4. The molecule has 0 saturated heterocycles. The molecule has 4 aromatic rings. The zero-order valence-electron chi connectivity index (χ0n) is 12.6. The van der Waals surface area contributed by atoms with Crippen LogP contribution in [0, 0.1) is 0 Å². The van der Waals surface area contributed by atoms with E-state index in [1.165, 1.54) is 0 Å². The molecule has 0 radical (unpaired) electrons. The number of rotatable bonds is 5. The Morgan fingerprint density at radius 3 is 3.17 bits per heavy atom. The predicted molar refractivity (Wildman–Crippen MR) is 88.8 cm³/mol. The molecule has 0 spiro atoms. The SMILES string of the molecule is O=C(O)CCNc1c(-c2ccc3[nH]ncc3c2)nc2ncccn12. The van der Waals surface area contributed by atoms with E-state index < -0.39 is 5.97 Å². The van der Waals surface area contributed by atoms with E-state index in [0.717, 1.165) is 28.0 Å². The third-order valence-corrected chi connectivity index (χ3v) is 3.75. The highest BCUT2D eigenvalue weighted by atomic mass is 16.4. The largest absolute Gasteiger partial charge is 0.481 e. The van der Waals surface area contributed by atoms with Gasteiger partial charge in [-0.15, -0.1) is 0 Å². The molecule has 0 aliphatic heterocycles. The molecule has 0 saturated carbocycles. The summed E-state index contributed by atoms with van der Waals surface area (Å²) in [4.78, 5) is 19.6. The molecule has 1 aromatic carbocycles. The molecule has 0 aliphatic carbocycles. The molecule has 3 N–H and O–H groups in total. The van der Waals surface area contributed by atoms with Gasteiger partial charge in [-0.3, -0.25) is 14.3 Å². The number of H-pyrrole nitrogens is 1. The standard InChI is InChI=1S/C16H14N6O2/c23-13(24)4-6-17-15-14(20-16-18-5-1-7-22(15)16)10-2-3-12-11(8-10)9-19-21-12/h1-3,5,7-9,17H,4,6H2,(H,19,21)(H,23,24). The third kappa shape index (κ3) is 2.43. The highest BCUT2D eigenvalue weighted by molar-refractivity contribution is 5.86. The molecule has 0 atom stereocenters. The minimum Gasteiger partial charge on any atom is -0.481 e. The zero-order chi connectivity index (χ0) is 16.5. The van der Waals surface area contributed by atoms with Crippen molar-refractivity contribution in [3.05, 3.63) is 42.9 Å². The van der Waals surface area contributed by atoms with Crippen LogP contribution in [0.1, 0.15) is 6.42 Å². The highest BCUT2D eigenvalue weighted by Crippen LogP contribution is 2.30. The second-order valence-corrected chi connectivity index (χ2v) is 5.34. The number of aliphatic carboxylic acids is 1. The Hall–Kier alpha value is -3.42. The van der Waals surface area contributed by atoms with E-state index >= 15 is 0 Å².